The van der Waals surface area contributed by atoms with Crippen LogP contribution in [0.5, 0.6) is 0 Å². The Labute approximate surface area is 108 Å². The quantitative estimate of drug-likeness (QED) is 0.829. The van der Waals surface area contributed by atoms with E-state index >= 15 is 0 Å². The minimum Gasteiger partial charge on any atom is -0.313 e. The highest BCUT2D eigenvalue weighted by Crippen LogP contribution is 2.14. The van der Waals surface area contributed by atoms with Gasteiger partial charge in [0.1, 0.15) is 5.82 Å². The Hall–Kier alpha value is -0.940. The molecule has 1 atom stereocenters. The first-order valence-electron chi connectivity index (χ1n) is 6.21. The lowest BCUT2D eigenvalue weighted by Gasteiger charge is -2.16. The lowest BCUT2D eigenvalue weighted by Crippen LogP contribution is -2.35. The summed E-state index contributed by atoms with van der Waals surface area (Å²) in [4.78, 5) is 0.0549. The van der Waals surface area contributed by atoms with Crippen LogP contribution in [0.3, 0.4) is 0 Å². The Kier molecular flexibility index (Phi) is 5.75. The molecule has 0 amide bonds. The molecule has 3 nitrogen and oxygen atoms in total. The zero-order valence-electron chi connectivity index (χ0n) is 10.8. The van der Waals surface area contributed by atoms with E-state index in [-0.39, 0.29) is 16.7 Å². The molecule has 18 heavy (non-hydrogen) atoms. The normalized spacial score (nSPS) is 13.5. The first-order chi connectivity index (χ1) is 8.49. The predicted molar refractivity (Wildman–Crippen MR) is 70.8 cm³/mol. The fourth-order valence-corrected chi connectivity index (χ4v) is 3.34. The average molecular weight is 273 g/mol. The van der Waals surface area contributed by atoms with Crippen LogP contribution in [-0.2, 0) is 9.84 Å². The van der Waals surface area contributed by atoms with Gasteiger partial charge in [-0.05, 0) is 37.6 Å². The molecule has 0 fully saturated rings. The average Bonchev–Trinajstić information content (AvgIpc) is 2.34. The van der Waals surface area contributed by atoms with Crippen molar-refractivity contribution in [1.29, 1.82) is 0 Å². The van der Waals surface area contributed by atoms with Gasteiger partial charge in [-0.25, -0.2) is 12.8 Å². The van der Waals surface area contributed by atoms with E-state index in [2.05, 4.69) is 5.32 Å². The molecule has 0 saturated heterocycles. The van der Waals surface area contributed by atoms with E-state index in [0.29, 0.717) is 0 Å². The number of nitrogens with one attached hydrogen (secondary N) is 1. The van der Waals surface area contributed by atoms with Crippen LogP contribution in [-0.4, -0.2) is 26.8 Å². The van der Waals surface area contributed by atoms with Crippen LogP contribution in [0.2, 0.25) is 0 Å². The van der Waals surface area contributed by atoms with Crippen LogP contribution in [0.25, 0.3) is 0 Å². The highest BCUT2D eigenvalue weighted by Gasteiger charge is 2.20. The second-order valence-corrected chi connectivity index (χ2v) is 6.33. The van der Waals surface area contributed by atoms with Gasteiger partial charge in [-0.3, -0.25) is 0 Å². The Morgan fingerprint density at radius 2 is 2.06 bits per heavy atom. The van der Waals surface area contributed by atoms with Crippen LogP contribution in [0.1, 0.15) is 26.7 Å². The van der Waals surface area contributed by atoms with E-state index in [4.69, 9.17) is 0 Å². The molecule has 0 spiro atoms. The fourth-order valence-electron chi connectivity index (χ4n) is 1.69. The maximum Gasteiger partial charge on any atom is 0.180 e. The van der Waals surface area contributed by atoms with Crippen molar-refractivity contribution in [1.82, 2.24) is 5.32 Å². The molecule has 1 unspecified atom stereocenters. The van der Waals surface area contributed by atoms with Gasteiger partial charge in [-0.1, -0.05) is 19.9 Å². The van der Waals surface area contributed by atoms with Crippen molar-refractivity contribution in [2.24, 2.45) is 0 Å². The fraction of sp³-hybridized carbons (Fsp3) is 0.538. The maximum absolute atomic E-state index is 13.0. The maximum atomic E-state index is 13.0. The standard InChI is InChI=1S/C13H20FNO2S/c1-3-8-15-12(4-2)10-18(16,17)13-7-5-6-11(14)9-13/h5-7,9,12,15H,3-4,8,10H2,1-2H3. The number of hydrogen-bond donors (Lipinski definition) is 1. The van der Waals surface area contributed by atoms with Crippen LogP contribution in [0, 0.1) is 5.82 Å². The summed E-state index contributed by atoms with van der Waals surface area (Å²) in [5.41, 5.74) is 0. The summed E-state index contributed by atoms with van der Waals surface area (Å²) in [5, 5.41) is 3.19. The van der Waals surface area contributed by atoms with E-state index in [9.17, 15) is 12.8 Å². The van der Waals surface area contributed by atoms with Crippen molar-refractivity contribution in [2.45, 2.75) is 37.6 Å². The molecule has 0 aliphatic rings. The van der Waals surface area contributed by atoms with Crippen molar-refractivity contribution in [3.05, 3.63) is 30.1 Å². The summed E-state index contributed by atoms with van der Waals surface area (Å²) in [7, 11) is -3.43. The molecule has 0 bridgehead atoms. The predicted octanol–water partition coefficient (Wildman–Crippen LogP) is 2.38. The van der Waals surface area contributed by atoms with Gasteiger partial charge in [0.2, 0.25) is 0 Å². The molecule has 0 aliphatic carbocycles. The zero-order chi connectivity index (χ0) is 13.6. The van der Waals surface area contributed by atoms with Gasteiger partial charge < -0.3 is 5.32 Å². The molecular formula is C13H20FNO2S. The van der Waals surface area contributed by atoms with E-state index < -0.39 is 15.7 Å². The smallest absolute Gasteiger partial charge is 0.180 e. The number of halogens is 1. The zero-order valence-corrected chi connectivity index (χ0v) is 11.6. The molecule has 0 radical (unpaired) electrons. The van der Waals surface area contributed by atoms with Gasteiger partial charge in [0.15, 0.2) is 9.84 Å². The van der Waals surface area contributed by atoms with Gasteiger partial charge in [0.25, 0.3) is 0 Å². The SMILES string of the molecule is CCCNC(CC)CS(=O)(=O)c1cccc(F)c1. The third-order valence-electron chi connectivity index (χ3n) is 2.75. The first kappa shape index (κ1) is 15.1. The molecular weight excluding hydrogens is 253 g/mol. The lowest BCUT2D eigenvalue weighted by atomic mass is 10.2. The van der Waals surface area contributed by atoms with Crippen LogP contribution < -0.4 is 5.32 Å². The second kappa shape index (κ2) is 6.85. The largest absolute Gasteiger partial charge is 0.313 e. The number of benzene rings is 1. The Morgan fingerprint density at radius 3 is 2.61 bits per heavy atom. The summed E-state index contributed by atoms with van der Waals surface area (Å²) < 4.78 is 37.3. The third-order valence-corrected chi connectivity index (χ3v) is 4.56. The van der Waals surface area contributed by atoms with Crippen LogP contribution in [0.15, 0.2) is 29.2 Å². The molecule has 0 heterocycles. The monoisotopic (exact) mass is 273 g/mol. The second-order valence-electron chi connectivity index (χ2n) is 4.30. The van der Waals surface area contributed by atoms with Crippen molar-refractivity contribution in [3.63, 3.8) is 0 Å². The highest BCUT2D eigenvalue weighted by molar-refractivity contribution is 7.91. The summed E-state index contributed by atoms with van der Waals surface area (Å²) in [6, 6.07) is 5.08. The minimum absolute atomic E-state index is 0.00690. The van der Waals surface area contributed by atoms with Crippen molar-refractivity contribution >= 4 is 9.84 Å². The number of sulfone groups is 1. The Bertz CT molecular complexity index is 474. The van der Waals surface area contributed by atoms with E-state index in [0.717, 1.165) is 25.5 Å². The Morgan fingerprint density at radius 1 is 1.33 bits per heavy atom. The van der Waals surface area contributed by atoms with Crippen LogP contribution >= 0.6 is 0 Å². The molecule has 102 valence electrons. The van der Waals surface area contributed by atoms with Crippen LogP contribution in [0.4, 0.5) is 4.39 Å². The van der Waals surface area contributed by atoms with Gasteiger partial charge in [0, 0.05) is 6.04 Å². The summed E-state index contributed by atoms with van der Waals surface area (Å²) in [5.74, 6) is -0.516. The van der Waals surface area contributed by atoms with Gasteiger partial charge in [-0.2, -0.15) is 0 Å². The topological polar surface area (TPSA) is 46.2 Å². The van der Waals surface area contributed by atoms with Crippen molar-refractivity contribution in [3.8, 4) is 0 Å². The number of hydrogen-bond acceptors (Lipinski definition) is 3. The summed E-state index contributed by atoms with van der Waals surface area (Å²) in [6.07, 6.45) is 1.69. The molecule has 1 aromatic rings. The first-order valence-corrected chi connectivity index (χ1v) is 7.86. The highest BCUT2D eigenvalue weighted by atomic mass is 32.2. The molecule has 0 aliphatic heterocycles. The molecule has 0 saturated carbocycles. The van der Waals surface area contributed by atoms with E-state index in [1.807, 2.05) is 13.8 Å². The summed E-state index contributed by atoms with van der Waals surface area (Å²) >= 11 is 0. The van der Waals surface area contributed by atoms with Gasteiger partial charge in [-0.15, -0.1) is 0 Å². The molecule has 1 N–H and O–H groups in total. The van der Waals surface area contributed by atoms with Crippen molar-refractivity contribution in [2.75, 3.05) is 12.3 Å². The Balaban J connectivity index is 2.80. The van der Waals surface area contributed by atoms with Gasteiger partial charge >= 0.3 is 0 Å². The molecule has 5 heteroatoms. The summed E-state index contributed by atoms with van der Waals surface area (Å²) in [6.45, 7) is 4.76. The third kappa shape index (κ3) is 4.38. The van der Waals surface area contributed by atoms with E-state index in [1.165, 1.54) is 18.2 Å². The lowest BCUT2D eigenvalue weighted by molar-refractivity contribution is 0.519. The van der Waals surface area contributed by atoms with E-state index in [1.54, 1.807) is 0 Å². The molecule has 1 rings (SSSR count). The number of rotatable bonds is 7. The molecule has 1 aromatic carbocycles. The minimum atomic E-state index is -3.43. The van der Waals surface area contributed by atoms with Gasteiger partial charge in [0.05, 0.1) is 10.6 Å². The molecule has 0 aromatic heterocycles. The van der Waals surface area contributed by atoms with Crippen molar-refractivity contribution < 1.29 is 12.8 Å².